The molecule has 0 atom stereocenters. The molecule has 0 unspecified atom stereocenters. The zero-order chi connectivity index (χ0) is 12.0. The van der Waals surface area contributed by atoms with Gasteiger partial charge in [0.25, 0.3) is 0 Å². The lowest BCUT2D eigenvalue weighted by molar-refractivity contribution is 0.0594. The third-order valence-electron chi connectivity index (χ3n) is 2.10. The van der Waals surface area contributed by atoms with E-state index in [9.17, 15) is 8.42 Å². The Bertz CT molecular complexity index is 425. The molecule has 1 saturated heterocycles. The van der Waals surface area contributed by atoms with Crippen LogP contribution in [0.3, 0.4) is 0 Å². The second kappa shape index (κ2) is 5.68. The molecule has 88 valence electrons. The molecule has 1 rings (SSSR count). The van der Waals surface area contributed by atoms with Crippen molar-refractivity contribution >= 4 is 9.84 Å². The highest BCUT2D eigenvalue weighted by atomic mass is 32.2. The summed E-state index contributed by atoms with van der Waals surface area (Å²) in [5.74, 6) is 0. The van der Waals surface area contributed by atoms with Crippen molar-refractivity contribution in [2.75, 3.05) is 32.6 Å². The highest BCUT2D eigenvalue weighted by molar-refractivity contribution is 7.94. The molecule has 5 nitrogen and oxygen atoms in total. The molecule has 0 spiro atoms. The maximum Gasteiger partial charge on any atom is 0.185 e. The summed E-state index contributed by atoms with van der Waals surface area (Å²) in [6, 6.07) is 1.66. The van der Waals surface area contributed by atoms with Gasteiger partial charge in [0, 0.05) is 19.3 Å². The number of rotatable bonds is 3. The van der Waals surface area contributed by atoms with Crippen molar-refractivity contribution in [3.8, 4) is 6.07 Å². The number of morpholine rings is 1. The van der Waals surface area contributed by atoms with Crippen molar-refractivity contribution < 1.29 is 13.2 Å². The van der Waals surface area contributed by atoms with Crippen LogP contribution in [0, 0.1) is 11.3 Å². The molecule has 0 aliphatic carbocycles. The van der Waals surface area contributed by atoms with Crippen LogP contribution in [0.4, 0.5) is 0 Å². The SMILES string of the molecule is CS(=O)(=O)/C(C#N)=C/C=C/N1CCOCC1. The summed E-state index contributed by atoms with van der Waals surface area (Å²) in [6.07, 6.45) is 5.67. The number of allylic oxidation sites excluding steroid dienone is 3. The van der Waals surface area contributed by atoms with Crippen LogP contribution < -0.4 is 0 Å². The molecule has 6 heteroatoms. The highest BCUT2D eigenvalue weighted by Crippen LogP contribution is 2.03. The molecule has 1 aliphatic heterocycles. The molecule has 1 aliphatic rings. The molecule has 1 fully saturated rings. The average Bonchev–Trinajstić information content (AvgIpc) is 2.24. The Labute approximate surface area is 95.5 Å². The van der Waals surface area contributed by atoms with E-state index in [2.05, 4.69) is 0 Å². The molecule has 0 aromatic rings. The van der Waals surface area contributed by atoms with Gasteiger partial charge in [-0.3, -0.25) is 0 Å². The monoisotopic (exact) mass is 242 g/mol. The lowest BCUT2D eigenvalue weighted by atomic mass is 10.4. The van der Waals surface area contributed by atoms with E-state index >= 15 is 0 Å². The van der Waals surface area contributed by atoms with Crippen molar-refractivity contribution in [1.29, 1.82) is 5.26 Å². The Morgan fingerprint density at radius 2 is 2.06 bits per heavy atom. The van der Waals surface area contributed by atoms with Crippen LogP contribution in [-0.2, 0) is 14.6 Å². The fourth-order valence-electron chi connectivity index (χ4n) is 1.22. The molecule has 1 heterocycles. The molecular formula is C10H14N2O3S. The van der Waals surface area contributed by atoms with Gasteiger partial charge in [-0.1, -0.05) is 0 Å². The van der Waals surface area contributed by atoms with Gasteiger partial charge in [0.1, 0.15) is 11.0 Å². The van der Waals surface area contributed by atoms with Crippen LogP contribution in [-0.4, -0.2) is 45.9 Å². The summed E-state index contributed by atoms with van der Waals surface area (Å²) in [5.41, 5.74) is 0. The number of nitriles is 1. The first kappa shape index (κ1) is 12.7. The van der Waals surface area contributed by atoms with Crippen LogP contribution in [0.15, 0.2) is 23.3 Å². The second-order valence-electron chi connectivity index (χ2n) is 3.40. The van der Waals surface area contributed by atoms with Gasteiger partial charge in [0.15, 0.2) is 9.84 Å². The highest BCUT2D eigenvalue weighted by Gasteiger charge is 2.09. The largest absolute Gasteiger partial charge is 0.378 e. The van der Waals surface area contributed by atoms with Gasteiger partial charge in [-0.05, 0) is 18.4 Å². The Hall–Kier alpha value is -1.32. The quantitative estimate of drug-likeness (QED) is 0.525. The number of hydrogen-bond acceptors (Lipinski definition) is 5. The summed E-state index contributed by atoms with van der Waals surface area (Å²) >= 11 is 0. The number of nitrogens with zero attached hydrogens (tertiary/aromatic N) is 2. The standard InChI is InChI=1S/C10H14N2O3S/c1-16(13,14)10(9-11)3-2-4-12-5-7-15-8-6-12/h2-4H,5-8H2,1H3/b4-2+,10-3+. The lowest BCUT2D eigenvalue weighted by Gasteiger charge is -2.24. The van der Waals surface area contributed by atoms with E-state index in [4.69, 9.17) is 10.00 Å². The van der Waals surface area contributed by atoms with Crippen LogP contribution in [0.1, 0.15) is 0 Å². The molecule has 0 amide bonds. The maximum absolute atomic E-state index is 11.1. The summed E-state index contributed by atoms with van der Waals surface area (Å²) in [4.78, 5) is 1.79. The fraction of sp³-hybridized carbons (Fsp3) is 0.500. The predicted molar refractivity (Wildman–Crippen MR) is 60.1 cm³/mol. The minimum Gasteiger partial charge on any atom is -0.378 e. The fourth-order valence-corrected chi connectivity index (χ4v) is 1.71. The summed E-state index contributed by atoms with van der Waals surface area (Å²) in [5, 5.41) is 8.63. The second-order valence-corrected chi connectivity index (χ2v) is 5.39. The van der Waals surface area contributed by atoms with E-state index in [0.717, 1.165) is 19.3 Å². The lowest BCUT2D eigenvalue weighted by Crippen LogP contribution is -2.31. The average molecular weight is 242 g/mol. The van der Waals surface area contributed by atoms with Crippen LogP contribution in [0.25, 0.3) is 0 Å². The minimum atomic E-state index is -3.41. The van der Waals surface area contributed by atoms with Gasteiger partial charge in [-0.15, -0.1) is 0 Å². The summed E-state index contributed by atoms with van der Waals surface area (Å²) in [7, 11) is -3.41. The maximum atomic E-state index is 11.1. The number of ether oxygens (including phenoxy) is 1. The molecule has 0 saturated carbocycles. The van der Waals surface area contributed by atoms with Gasteiger partial charge >= 0.3 is 0 Å². The topological polar surface area (TPSA) is 70.4 Å². The van der Waals surface area contributed by atoms with Crippen molar-refractivity contribution in [3.63, 3.8) is 0 Å². The van der Waals surface area contributed by atoms with Crippen molar-refractivity contribution in [2.24, 2.45) is 0 Å². The molecule has 0 bridgehead atoms. The Morgan fingerprint density at radius 3 is 2.56 bits per heavy atom. The Morgan fingerprint density at radius 1 is 1.44 bits per heavy atom. The number of hydrogen-bond donors (Lipinski definition) is 0. The van der Waals surface area contributed by atoms with Gasteiger partial charge in [-0.25, -0.2) is 8.42 Å². The Kier molecular flexibility index (Phi) is 4.52. The first-order valence-corrected chi connectivity index (χ1v) is 6.73. The van der Waals surface area contributed by atoms with Gasteiger partial charge in [0.2, 0.25) is 0 Å². The zero-order valence-electron chi connectivity index (χ0n) is 9.09. The summed E-state index contributed by atoms with van der Waals surface area (Å²) < 4.78 is 27.3. The molecule has 0 aromatic carbocycles. The number of sulfone groups is 1. The van der Waals surface area contributed by atoms with E-state index in [1.54, 1.807) is 18.3 Å². The molecule has 0 radical (unpaired) electrons. The molecular weight excluding hydrogens is 228 g/mol. The van der Waals surface area contributed by atoms with Crippen LogP contribution >= 0.6 is 0 Å². The predicted octanol–water partition coefficient (Wildman–Crippen LogP) is 0.284. The van der Waals surface area contributed by atoms with Gasteiger partial charge < -0.3 is 9.64 Å². The van der Waals surface area contributed by atoms with E-state index in [1.807, 2.05) is 4.90 Å². The summed E-state index contributed by atoms with van der Waals surface area (Å²) in [6.45, 7) is 2.91. The van der Waals surface area contributed by atoms with Crippen LogP contribution in [0.2, 0.25) is 0 Å². The van der Waals surface area contributed by atoms with E-state index in [1.165, 1.54) is 6.08 Å². The smallest absolute Gasteiger partial charge is 0.185 e. The van der Waals surface area contributed by atoms with Gasteiger partial charge in [0.05, 0.1) is 13.2 Å². The van der Waals surface area contributed by atoms with E-state index < -0.39 is 9.84 Å². The first-order chi connectivity index (χ1) is 7.54. The van der Waals surface area contributed by atoms with Crippen molar-refractivity contribution in [3.05, 3.63) is 23.3 Å². The van der Waals surface area contributed by atoms with E-state index in [0.29, 0.717) is 13.2 Å². The Balaban J connectivity index is 2.63. The molecule has 16 heavy (non-hydrogen) atoms. The minimum absolute atomic E-state index is 0.225. The molecule has 0 aromatic heterocycles. The van der Waals surface area contributed by atoms with Gasteiger partial charge in [-0.2, -0.15) is 5.26 Å². The zero-order valence-corrected chi connectivity index (χ0v) is 9.90. The van der Waals surface area contributed by atoms with Crippen molar-refractivity contribution in [2.45, 2.75) is 0 Å². The van der Waals surface area contributed by atoms with E-state index in [-0.39, 0.29) is 4.91 Å². The third-order valence-corrected chi connectivity index (χ3v) is 3.13. The van der Waals surface area contributed by atoms with Crippen LogP contribution in [0.5, 0.6) is 0 Å². The van der Waals surface area contributed by atoms with Crippen molar-refractivity contribution in [1.82, 2.24) is 4.90 Å². The third kappa shape index (κ3) is 4.04. The first-order valence-electron chi connectivity index (χ1n) is 4.84. The molecule has 0 N–H and O–H groups in total. The normalized spacial score (nSPS) is 18.8.